The van der Waals surface area contributed by atoms with E-state index in [4.69, 9.17) is 23.5 Å². The highest BCUT2D eigenvalue weighted by Gasteiger charge is 2.49. The lowest BCUT2D eigenvalue weighted by Gasteiger charge is -2.29. The minimum atomic E-state index is -0.818. The molecule has 0 spiro atoms. The van der Waals surface area contributed by atoms with E-state index in [0.717, 1.165) is 11.1 Å². The number of rotatable bonds is 7. The molecule has 2 heterocycles. The fourth-order valence-corrected chi connectivity index (χ4v) is 4.61. The van der Waals surface area contributed by atoms with Crippen LogP contribution in [0.15, 0.2) is 60.9 Å². The first kappa shape index (κ1) is 24.3. The predicted molar refractivity (Wildman–Crippen MR) is 138 cm³/mol. The summed E-state index contributed by atoms with van der Waals surface area (Å²) in [6.07, 6.45) is 3.84. The Morgan fingerprint density at radius 1 is 1.14 bits per heavy atom. The molecule has 0 saturated carbocycles. The van der Waals surface area contributed by atoms with Gasteiger partial charge in [-0.3, -0.25) is 14.7 Å². The number of anilines is 1. The Bertz CT molecular complexity index is 1320. The second-order valence-corrected chi connectivity index (χ2v) is 9.16. The quantitative estimate of drug-likeness (QED) is 0.234. The van der Waals surface area contributed by atoms with Crippen molar-refractivity contribution >= 4 is 34.6 Å². The number of benzene rings is 2. The third-order valence-corrected chi connectivity index (χ3v) is 6.51. The summed E-state index contributed by atoms with van der Waals surface area (Å²) < 4.78 is 20.4. The number of thiocarbonyl (C=S) groups is 1. The summed E-state index contributed by atoms with van der Waals surface area (Å²) in [4.78, 5) is 24.1. The van der Waals surface area contributed by atoms with E-state index < -0.39 is 5.54 Å². The van der Waals surface area contributed by atoms with Crippen molar-refractivity contribution in [3.63, 3.8) is 0 Å². The fraction of sp³-hybridized carbons (Fsp3) is 0.259. The maximum atomic E-state index is 14.6. The van der Waals surface area contributed by atoms with E-state index in [1.807, 2.05) is 31.7 Å². The first-order valence-corrected chi connectivity index (χ1v) is 11.6. The van der Waals surface area contributed by atoms with Gasteiger partial charge in [0, 0.05) is 36.3 Å². The molecule has 1 aromatic heterocycles. The van der Waals surface area contributed by atoms with E-state index in [9.17, 15) is 9.18 Å². The number of ether oxygens (including phenoxy) is 1. The van der Waals surface area contributed by atoms with Crippen LogP contribution in [0.5, 0.6) is 5.75 Å². The summed E-state index contributed by atoms with van der Waals surface area (Å²) >= 11 is 5.67. The Morgan fingerprint density at radius 2 is 1.89 bits per heavy atom. The van der Waals surface area contributed by atoms with Crippen LogP contribution in [0.2, 0.25) is 0 Å². The van der Waals surface area contributed by atoms with Crippen LogP contribution in [0.1, 0.15) is 25.8 Å². The summed E-state index contributed by atoms with van der Waals surface area (Å²) in [7, 11) is 0. The molecule has 0 bridgehead atoms. The molecular weight excluding hydrogens is 463 g/mol. The van der Waals surface area contributed by atoms with Crippen LogP contribution in [0.3, 0.4) is 0 Å². The highest BCUT2D eigenvalue weighted by molar-refractivity contribution is 7.80. The largest absolute Gasteiger partial charge is 0.493 e. The summed E-state index contributed by atoms with van der Waals surface area (Å²) in [5, 5.41) is 0.419. The molecule has 35 heavy (non-hydrogen) atoms. The van der Waals surface area contributed by atoms with Crippen molar-refractivity contribution in [1.29, 1.82) is 0 Å². The summed E-state index contributed by atoms with van der Waals surface area (Å²) in [6, 6.07) is 13.6. The van der Waals surface area contributed by atoms with Crippen LogP contribution in [0.4, 0.5) is 15.8 Å². The van der Waals surface area contributed by atoms with Crippen molar-refractivity contribution in [3.05, 3.63) is 83.7 Å². The van der Waals surface area contributed by atoms with Crippen molar-refractivity contribution in [2.45, 2.75) is 32.7 Å². The third-order valence-electron chi connectivity index (χ3n) is 6.11. The van der Waals surface area contributed by atoms with E-state index in [1.165, 1.54) is 11.0 Å². The van der Waals surface area contributed by atoms with E-state index in [1.54, 1.807) is 48.8 Å². The zero-order chi connectivity index (χ0) is 25.2. The van der Waals surface area contributed by atoms with Gasteiger partial charge in [-0.15, -0.1) is 0 Å². The highest BCUT2D eigenvalue weighted by Crippen LogP contribution is 2.34. The molecule has 0 N–H and O–H groups in total. The molecule has 4 rings (SSSR count). The van der Waals surface area contributed by atoms with Gasteiger partial charge in [0.15, 0.2) is 10.8 Å². The predicted octanol–water partition coefficient (Wildman–Crippen LogP) is 5.93. The first-order chi connectivity index (χ1) is 16.7. The number of carbonyl (C=O) groups is 1. The molecule has 0 unspecified atom stereocenters. The zero-order valence-corrected chi connectivity index (χ0v) is 20.6. The van der Waals surface area contributed by atoms with Gasteiger partial charge in [0.1, 0.15) is 17.1 Å². The molecule has 2 aromatic carbocycles. The molecule has 3 aromatic rings. The number of pyridine rings is 1. The van der Waals surface area contributed by atoms with E-state index in [0.29, 0.717) is 47.4 Å². The second-order valence-electron chi connectivity index (χ2n) is 8.80. The highest BCUT2D eigenvalue weighted by atomic mass is 32.1. The van der Waals surface area contributed by atoms with Crippen molar-refractivity contribution in [2.24, 2.45) is 0 Å². The summed E-state index contributed by atoms with van der Waals surface area (Å²) in [5.74, 6) is -0.0416. The zero-order valence-electron chi connectivity index (χ0n) is 19.8. The average molecular weight is 489 g/mol. The maximum Gasteiger partial charge on any atom is 0.258 e. The first-order valence-electron chi connectivity index (χ1n) is 11.2. The second kappa shape index (κ2) is 9.80. The number of hydrogen-bond acceptors (Lipinski definition) is 4. The van der Waals surface area contributed by atoms with Gasteiger partial charge in [-0.25, -0.2) is 9.24 Å². The molecule has 0 aliphatic carbocycles. The van der Waals surface area contributed by atoms with Gasteiger partial charge in [-0.2, -0.15) is 0 Å². The Morgan fingerprint density at radius 3 is 2.54 bits per heavy atom. The lowest BCUT2D eigenvalue weighted by Crippen LogP contribution is -2.44. The Labute approximate surface area is 209 Å². The maximum absolute atomic E-state index is 14.6. The fourth-order valence-electron chi connectivity index (χ4n) is 4.11. The number of hydrogen-bond donors (Lipinski definition) is 0. The normalized spacial score (nSPS) is 14.8. The van der Waals surface area contributed by atoms with Gasteiger partial charge in [0.2, 0.25) is 0 Å². The lowest BCUT2D eigenvalue weighted by molar-refractivity contribution is -0.123. The van der Waals surface area contributed by atoms with Gasteiger partial charge in [-0.1, -0.05) is 6.07 Å². The summed E-state index contributed by atoms with van der Waals surface area (Å²) in [6.45, 7) is 13.6. The molecule has 0 radical (unpaired) electrons. The topological polar surface area (TPSA) is 50.0 Å². The van der Waals surface area contributed by atoms with Gasteiger partial charge >= 0.3 is 0 Å². The van der Waals surface area contributed by atoms with E-state index in [2.05, 4.69) is 9.83 Å². The standard InChI is InChI=1S/C27H25FN4O2S/c1-18-16-20(6-9-24(18)29-4)32-25(33)27(2,3)31(26(32)35)14-5-15-34-21-7-8-22(23(28)17-21)19-10-12-30-13-11-19/h6-13,16-17H,5,14-15H2,1-3H3. The van der Waals surface area contributed by atoms with E-state index >= 15 is 0 Å². The molecule has 6 nitrogen and oxygen atoms in total. The average Bonchev–Trinajstić information content (AvgIpc) is 3.01. The van der Waals surface area contributed by atoms with Crippen LogP contribution < -0.4 is 9.64 Å². The molecule has 1 amide bonds. The number of amides is 1. The lowest BCUT2D eigenvalue weighted by atomic mass is 10.0. The molecule has 1 aliphatic heterocycles. The Kier molecular flexibility index (Phi) is 6.81. The molecule has 178 valence electrons. The summed E-state index contributed by atoms with van der Waals surface area (Å²) in [5.41, 5.74) is 2.41. The number of nitrogens with zero attached hydrogens (tertiary/aromatic N) is 4. The van der Waals surface area contributed by atoms with E-state index in [-0.39, 0.29) is 11.7 Å². The van der Waals surface area contributed by atoms with Crippen molar-refractivity contribution < 1.29 is 13.9 Å². The van der Waals surface area contributed by atoms with Gasteiger partial charge in [0.25, 0.3) is 5.91 Å². The molecular formula is C27H25FN4O2S. The SMILES string of the molecule is [C-]#[N+]c1ccc(N2C(=O)C(C)(C)N(CCCOc3ccc(-c4ccncc4)c(F)c3)C2=S)cc1C. The number of aryl methyl sites for hydroxylation is 1. The monoisotopic (exact) mass is 488 g/mol. The van der Waals surface area contributed by atoms with Crippen LogP contribution in [0, 0.1) is 19.3 Å². The van der Waals surface area contributed by atoms with Crippen LogP contribution in [-0.2, 0) is 4.79 Å². The number of halogens is 1. The smallest absolute Gasteiger partial charge is 0.258 e. The van der Waals surface area contributed by atoms with Gasteiger partial charge < -0.3 is 9.64 Å². The van der Waals surface area contributed by atoms with Crippen molar-refractivity contribution in [3.8, 4) is 16.9 Å². The number of carbonyl (C=O) groups excluding carboxylic acids is 1. The molecule has 1 aliphatic rings. The molecule has 8 heteroatoms. The van der Waals surface area contributed by atoms with Crippen LogP contribution >= 0.6 is 12.2 Å². The van der Waals surface area contributed by atoms with Crippen LogP contribution in [0.25, 0.3) is 16.0 Å². The molecule has 1 saturated heterocycles. The van der Waals surface area contributed by atoms with Crippen LogP contribution in [-0.4, -0.2) is 39.6 Å². The van der Waals surface area contributed by atoms with Crippen molar-refractivity contribution in [1.82, 2.24) is 9.88 Å². The van der Waals surface area contributed by atoms with Crippen molar-refractivity contribution in [2.75, 3.05) is 18.1 Å². The minimum absolute atomic E-state index is 0.118. The molecule has 0 atom stereocenters. The Hall–Kier alpha value is -3.83. The van der Waals surface area contributed by atoms with Gasteiger partial charge in [0.05, 0.1) is 13.2 Å². The van der Waals surface area contributed by atoms with Gasteiger partial charge in [-0.05, 0) is 86.9 Å². The third kappa shape index (κ3) is 4.73. The Balaban J connectivity index is 1.39. The number of aromatic nitrogens is 1. The molecule has 1 fully saturated rings. The minimum Gasteiger partial charge on any atom is -0.493 e.